The van der Waals surface area contributed by atoms with Crippen molar-refractivity contribution >= 4 is 6.09 Å². The standard InChI is InChI=1S/C16H30N2O2/c1-4-20-16(19)18-10-8-14(9-11-18)17-15-7-5-6-12(2)13(15)3/h12-15,17H,4-11H2,1-3H3. The van der Waals surface area contributed by atoms with Crippen molar-refractivity contribution in [3.63, 3.8) is 0 Å². The highest BCUT2D eigenvalue weighted by Gasteiger charge is 2.30. The summed E-state index contributed by atoms with van der Waals surface area (Å²) in [6.45, 7) is 8.74. The third kappa shape index (κ3) is 3.87. The van der Waals surface area contributed by atoms with Crippen LogP contribution in [-0.2, 0) is 4.74 Å². The van der Waals surface area contributed by atoms with E-state index in [9.17, 15) is 4.79 Å². The summed E-state index contributed by atoms with van der Waals surface area (Å²) in [5.74, 6) is 1.60. The van der Waals surface area contributed by atoms with Crippen LogP contribution in [0, 0.1) is 11.8 Å². The van der Waals surface area contributed by atoms with Gasteiger partial charge in [0.25, 0.3) is 0 Å². The lowest BCUT2D eigenvalue weighted by molar-refractivity contribution is 0.0910. The molecular weight excluding hydrogens is 252 g/mol. The normalized spacial score (nSPS) is 32.1. The fourth-order valence-corrected chi connectivity index (χ4v) is 3.56. The fourth-order valence-electron chi connectivity index (χ4n) is 3.56. The molecule has 1 amide bonds. The molecule has 1 aliphatic carbocycles. The molecule has 2 fully saturated rings. The van der Waals surface area contributed by atoms with Crippen molar-refractivity contribution in [2.75, 3.05) is 19.7 Å². The molecule has 20 heavy (non-hydrogen) atoms. The monoisotopic (exact) mass is 282 g/mol. The number of ether oxygens (including phenoxy) is 1. The van der Waals surface area contributed by atoms with Crippen LogP contribution < -0.4 is 5.32 Å². The van der Waals surface area contributed by atoms with Crippen molar-refractivity contribution in [1.82, 2.24) is 10.2 Å². The first-order chi connectivity index (χ1) is 9.61. The minimum absolute atomic E-state index is 0.148. The Balaban J connectivity index is 1.75. The number of hydrogen-bond acceptors (Lipinski definition) is 3. The quantitative estimate of drug-likeness (QED) is 0.865. The lowest BCUT2D eigenvalue weighted by Crippen LogP contribution is -2.51. The molecule has 0 bridgehead atoms. The Bertz CT molecular complexity index is 314. The zero-order valence-electron chi connectivity index (χ0n) is 13.2. The first-order valence-electron chi connectivity index (χ1n) is 8.29. The molecule has 0 radical (unpaired) electrons. The van der Waals surface area contributed by atoms with E-state index in [1.165, 1.54) is 19.3 Å². The van der Waals surface area contributed by atoms with E-state index < -0.39 is 0 Å². The van der Waals surface area contributed by atoms with Gasteiger partial charge >= 0.3 is 6.09 Å². The average Bonchev–Trinajstić information content (AvgIpc) is 2.45. The van der Waals surface area contributed by atoms with Gasteiger partial charge in [-0.3, -0.25) is 0 Å². The third-order valence-corrected chi connectivity index (χ3v) is 5.18. The highest BCUT2D eigenvalue weighted by Crippen LogP contribution is 2.30. The van der Waals surface area contributed by atoms with Crippen molar-refractivity contribution in [2.45, 2.75) is 65.0 Å². The van der Waals surface area contributed by atoms with Gasteiger partial charge in [0.2, 0.25) is 0 Å². The van der Waals surface area contributed by atoms with Crippen LogP contribution >= 0.6 is 0 Å². The molecule has 0 spiro atoms. The number of hydrogen-bond donors (Lipinski definition) is 1. The van der Waals surface area contributed by atoms with Gasteiger partial charge in [0.05, 0.1) is 6.61 Å². The summed E-state index contributed by atoms with van der Waals surface area (Å²) in [6.07, 6.45) is 5.99. The maximum absolute atomic E-state index is 11.7. The van der Waals surface area contributed by atoms with Crippen LogP contribution in [0.1, 0.15) is 52.9 Å². The summed E-state index contributed by atoms with van der Waals surface area (Å²) in [7, 11) is 0. The molecule has 3 unspecified atom stereocenters. The maximum atomic E-state index is 11.7. The van der Waals surface area contributed by atoms with Crippen LogP contribution in [0.3, 0.4) is 0 Å². The summed E-state index contributed by atoms with van der Waals surface area (Å²) < 4.78 is 5.06. The first-order valence-corrected chi connectivity index (χ1v) is 8.29. The summed E-state index contributed by atoms with van der Waals surface area (Å²) in [5, 5.41) is 3.85. The number of rotatable bonds is 3. The van der Waals surface area contributed by atoms with Crippen molar-refractivity contribution < 1.29 is 9.53 Å². The van der Waals surface area contributed by atoms with Gasteiger partial charge in [-0.25, -0.2) is 4.79 Å². The van der Waals surface area contributed by atoms with E-state index in [1.54, 1.807) is 0 Å². The predicted molar refractivity (Wildman–Crippen MR) is 80.7 cm³/mol. The van der Waals surface area contributed by atoms with E-state index in [0.717, 1.165) is 37.8 Å². The van der Waals surface area contributed by atoms with Gasteiger partial charge in [-0.2, -0.15) is 0 Å². The summed E-state index contributed by atoms with van der Waals surface area (Å²) >= 11 is 0. The van der Waals surface area contributed by atoms with E-state index in [4.69, 9.17) is 4.74 Å². The van der Waals surface area contributed by atoms with E-state index in [1.807, 2.05) is 11.8 Å². The van der Waals surface area contributed by atoms with E-state index in [-0.39, 0.29) is 6.09 Å². The van der Waals surface area contributed by atoms with E-state index >= 15 is 0 Å². The molecule has 0 aromatic heterocycles. The highest BCUT2D eigenvalue weighted by atomic mass is 16.6. The molecule has 2 rings (SSSR count). The van der Waals surface area contributed by atoms with Crippen molar-refractivity contribution in [2.24, 2.45) is 11.8 Å². The van der Waals surface area contributed by atoms with Gasteiger partial charge in [0.1, 0.15) is 0 Å². The smallest absolute Gasteiger partial charge is 0.409 e. The average molecular weight is 282 g/mol. The molecule has 4 heteroatoms. The van der Waals surface area contributed by atoms with Crippen LogP contribution in [0.15, 0.2) is 0 Å². The fraction of sp³-hybridized carbons (Fsp3) is 0.938. The topological polar surface area (TPSA) is 41.6 Å². The second-order valence-electron chi connectivity index (χ2n) is 6.50. The molecule has 2 aliphatic rings. The molecule has 1 N–H and O–H groups in total. The molecule has 1 saturated heterocycles. The van der Waals surface area contributed by atoms with Crippen molar-refractivity contribution in [3.05, 3.63) is 0 Å². The van der Waals surface area contributed by atoms with Gasteiger partial charge in [0, 0.05) is 25.2 Å². The van der Waals surface area contributed by atoms with E-state index in [0.29, 0.717) is 18.7 Å². The summed E-state index contributed by atoms with van der Waals surface area (Å²) in [4.78, 5) is 13.5. The molecular formula is C16H30N2O2. The summed E-state index contributed by atoms with van der Waals surface area (Å²) in [6, 6.07) is 1.23. The molecule has 1 heterocycles. The van der Waals surface area contributed by atoms with Crippen LogP contribution in [-0.4, -0.2) is 42.8 Å². The Hall–Kier alpha value is -0.770. The molecule has 3 atom stereocenters. The summed E-state index contributed by atoms with van der Waals surface area (Å²) in [5.41, 5.74) is 0. The number of amides is 1. The van der Waals surface area contributed by atoms with Gasteiger partial charge in [-0.15, -0.1) is 0 Å². The Kier molecular flexibility index (Phi) is 5.70. The van der Waals surface area contributed by atoms with Gasteiger partial charge in [0.15, 0.2) is 0 Å². The van der Waals surface area contributed by atoms with Crippen LogP contribution in [0.5, 0.6) is 0 Å². The Labute approximate surface area is 123 Å². The minimum Gasteiger partial charge on any atom is -0.450 e. The lowest BCUT2D eigenvalue weighted by atomic mass is 9.77. The number of nitrogens with zero attached hydrogens (tertiary/aromatic N) is 1. The number of likely N-dealkylation sites (tertiary alicyclic amines) is 1. The number of carbonyl (C=O) groups is 1. The molecule has 4 nitrogen and oxygen atoms in total. The lowest BCUT2D eigenvalue weighted by Gasteiger charge is -2.39. The second kappa shape index (κ2) is 7.30. The zero-order chi connectivity index (χ0) is 14.5. The van der Waals surface area contributed by atoms with E-state index in [2.05, 4.69) is 19.2 Å². The highest BCUT2D eigenvalue weighted by molar-refractivity contribution is 5.67. The largest absolute Gasteiger partial charge is 0.450 e. The van der Waals surface area contributed by atoms with Gasteiger partial charge in [-0.05, 0) is 38.0 Å². The molecule has 116 valence electrons. The minimum atomic E-state index is -0.148. The van der Waals surface area contributed by atoms with Crippen LogP contribution in [0.25, 0.3) is 0 Å². The number of nitrogens with one attached hydrogen (secondary N) is 1. The Morgan fingerprint density at radius 2 is 1.90 bits per heavy atom. The second-order valence-corrected chi connectivity index (χ2v) is 6.50. The molecule has 1 saturated carbocycles. The number of piperidine rings is 1. The van der Waals surface area contributed by atoms with Gasteiger partial charge < -0.3 is 15.0 Å². The Morgan fingerprint density at radius 3 is 2.55 bits per heavy atom. The SMILES string of the molecule is CCOC(=O)N1CCC(NC2CCCC(C)C2C)CC1. The van der Waals surface area contributed by atoms with Crippen LogP contribution in [0.4, 0.5) is 4.79 Å². The van der Waals surface area contributed by atoms with Crippen molar-refractivity contribution in [1.29, 1.82) is 0 Å². The molecule has 0 aromatic carbocycles. The van der Waals surface area contributed by atoms with Gasteiger partial charge in [-0.1, -0.05) is 26.7 Å². The third-order valence-electron chi connectivity index (χ3n) is 5.18. The Morgan fingerprint density at radius 1 is 1.20 bits per heavy atom. The van der Waals surface area contributed by atoms with Crippen molar-refractivity contribution in [3.8, 4) is 0 Å². The van der Waals surface area contributed by atoms with Crippen LogP contribution in [0.2, 0.25) is 0 Å². The molecule has 1 aliphatic heterocycles. The molecule has 0 aromatic rings. The number of carbonyl (C=O) groups excluding carboxylic acids is 1. The predicted octanol–water partition coefficient (Wildman–Crippen LogP) is 3.02. The maximum Gasteiger partial charge on any atom is 0.409 e. The zero-order valence-corrected chi connectivity index (χ0v) is 13.2. The first kappa shape index (κ1) is 15.6.